The lowest BCUT2D eigenvalue weighted by atomic mass is 9.89. The summed E-state index contributed by atoms with van der Waals surface area (Å²) in [4.78, 5) is 2.32. The highest BCUT2D eigenvalue weighted by Crippen LogP contribution is 2.37. The summed E-state index contributed by atoms with van der Waals surface area (Å²) in [5.74, 6) is 1.64. The van der Waals surface area contributed by atoms with Gasteiger partial charge in [-0.1, -0.05) is 32.0 Å². The molecule has 1 saturated heterocycles. The second kappa shape index (κ2) is 10.6. The van der Waals surface area contributed by atoms with Gasteiger partial charge in [-0.2, -0.15) is 26.3 Å². The van der Waals surface area contributed by atoms with Crippen molar-refractivity contribution in [3.05, 3.63) is 64.7 Å². The van der Waals surface area contributed by atoms with E-state index in [1.807, 2.05) is 24.3 Å². The molecule has 2 aromatic rings. The molecule has 1 fully saturated rings. The van der Waals surface area contributed by atoms with Gasteiger partial charge < -0.3 is 10.1 Å². The summed E-state index contributed by atoms with van der Waals surface area (Å²) in [6, 6.07) is 9.09. The van der Waals surface area contributed by atoms with Gasteiger partial charge in [0.25, 0.3) is 0 Å². The van der Waals surface area contributed by atoms with Crippen LogP contribution in [0, 0.1) is 11.8 Å². The minimum Gasteiger partial charge on any atom is -0.496 e. The Morgan fingerprint density at radius 1 is 0.941 bits per heavy atom. The van der Waals surface area contributed by atoms with E-state index in [1.54, 1.807) is 7.11 Å². The number of para-hydroxylation sites is 1. The lowest BCUT2D eigenvalue weighted by molar-refractivity contribution is -0.143. The molecule has 3 unspecified atom stereocenters. The second-order valence-electron chi connectivity index (χ2n) is 9.20. The van der Waals surface area contributed by atoms with Crippen molar-refractivity contribution in [1.29, 1.82) is 0 Å². The molecule has 2 aromatic carbocycles. The average molecular weight is 489 g/mol. The summed E-state index contributed by atoms with van der Waals surface area (Å²) in [5, 5.41) is 3.10. The average Bonchev–Trinajstić information content (AvgIpc) is 2.74. The second-order valence-corrected chi connectivity index (χ2v) is 9.20. The maximum Gasteiger partial charge on any atom is 0.416 e. The summed E-state index contributed by atoms with van der Waals surface area (Å²) in [6.07, 6.45) is -8.63. The molecular formula is C25H30F6N2O. The van der Waals surface area contributed by atoms with E-state index in [9.17, 15) is 26.3 Å². The predicted molar refractivity (Wildman–Crippen MR) is 118 cm³/mol. The molecule has 9 heteroatoms. The van der Waals surface area contributed by atoms with Gasteiger partial charge in [-0.25, -0.2) is 0 Å². The Bertz CT molecular complexity index is 917. The molecule has 1 aliphatic rings. The Balaban J connectivity index is 1.85. The van der Waals surface area contributed by atoms with Crippen LogP contribution in [0.15, 0.2) is 42.5 Å². The lowest BCUT2D eigenvalue weighted by Gasteiger charge is -2.41. The zero-order valence-electron chi connectivity index (χ0n) is 19.4. The maximum atomic E-state index is 13.2. The zero-order chi connectivity index (χ0) is 25.1. The highest BCUT2D eigenvalue weighted by atomic mass is 19.4. The maximum absolute atomic E-state index is 13.2. The van der Waals surface area contributed by atoms with Crippen molar-refractivity contribution in [1.82, 2.24) is 10.2 Å². The molecule has 34 heavy (non-hydrogen) atoms. The summed E-state index contributed by atoms with van der Waals surface area (Å²) >= 11 is 0. The van der Waals surface area contributed by atoms with Crippen LogP contribution in [0.5, 0.6) is 5.75 Å². The fourth-order valence-electron chi connectivity index (χ4n) is 4.82. The first-order chi connectivity index (χ1) is 15.9. The van der Waals surface area contributed by atoms with Crippen LogP contribution in [-0.2, 0) is 18.9 Å². The third-order valence-corrected chi connectivity index (χ3v) is 6.15. The number of halogens is 6. The zero-order valence-corrected chi connectivity index (χ0v) is 19.4. The first-order valence-corrected chi connectivity index (χ1v) is 11.2. The molecule has 0 bridgehead atoms. The number of benzene rings is 2. The molecule has 0 spiro atoms. The molecule has 1 aliphatic heterocycles. The molecule has 1 heterocycles. The van der Waals surface area contributed by atoms with Crippen LogP contribution in [0.2, 0.25) is 0 Å². The first kappa shape index (κ1) is 26.3. The van der Waals surface area contributed by atoms with Gasteiger partial charge in [0, 0.05) is 31.7 Å². The number of likely N-dealkylation sites (tertiary alicyclic amines) is 1. The van der Waals surface area contributed by atoms with E-state index in [0.717, 1.165) is 37.2 Å². The molecule has 0 aromatic heterocycles. The number of ether oxygens (including phenoxy) is 1. The number of nitrogens with zero attached hydrogens (tertiary/aromatic N) is 1. The van der Waals surface area contributed by atoms with Gasteiger partial charge in [0.05, 0.1) is 24.3 Å². The number of hydrogen-bond acceptors (Lipinski definition) is 3. The summed E-state index contributed by atoms with van der Waals surface area (Å²) in [6.45, 7) is 6.26. The topological polar surface area (TPSA) is 24.5 Å². The van der Waals surface area contributed by atoms with Gasteiger partial charge in [-0.3, -0.25) is 4.90 Å². The lowest BCUT2D eigenvalue weighted by Crippen LogP contribution is -2.44. The van der Waals surface area contributed by atoms with Crippen molar-refractivity contribution in [3.63, 3.8) is 0 Å². The van der Waals surface area contributed by atoms with E-state index in [0.29, 0.717) is 24.1 Å². The van der Waals surface area contributed by atoms with Crippen molar-refractivity contribution in [2.75, 3.05) is 26.7 Å². The molecule has 188 valence electrons. The van der Waals surface area contributed by atoms with Crippen molar-refractivity contribution >= 4 is 0 Å². The largest absolute Gasteiger partial charge is 0.496 e. The number of nitrogens with one attached hydrogen (secondary N) is 1. The van der Waals surface area contributed by atoms with E-state index in [4.69, 9.17) is 4.74 Å². The van der Waals surface area contributed by atoms with Crippen molar-refractivity contribution in [2.24, 2.45) is 11.8 Å². The Hall–Kier alpha value is -2.26. The van der Waals surface area contributed by atoms with Gasteiger partial charge >= 0.3 is 12.4 Å². The van der Waals surface area contributed by atoms with E-state index < -0.39 is 23.5 Å². The summed E-state index contributed by atoms with van der Waals surface area (Å²) < 4.78 is 84.7. The van der Waals surface area contributed by atoms with E-state index >= 15 is 0 Å². The van der Waals surface area contributed by atoms with Crippen molar-refractivity contribution < 1.29 is 31.1 Å². The van der Waals surface area contributed by atoms with Gasteiger partial charge in [0.1, 0.15) is 5.75 Å². The standard InChI is InChI=1S/C25H30F6N2O/c1-16-8-17(2)15-33(14-16)22(21-6-4-5-7-23(21)34-3)13-32-12-18-9-19(24(26,27)28)11-20(10-18)25(29,30)31/h4-7,9-11,16-17,22,32H,8,12-15H2,1-3H3. The molecule has 0 radical (unpaired) electrons. The molecule has 3 rings (SSSR count). The Morgan fingerprint density at radius 2 is 1.50 bits per heavy atom. The third kappa shape index (κ3) is 6.66. The number of alkyl halides is 6. The van der Waals surface area contributed by atoms with Crippen LogP contribution in [0.3, 0.4) is 0 Å². The van der Waals surface area contributed by atoms with Gasteiger partial charge in [-0.05, 0) is 48.1 Å². The van der Waals surface area contributed by atoms with Crippen LogP contribution < -0.4 is 10.1 Å². The number of hydrogen-bond donors (Lipinski definition) is 1. The van der Waals surface area contributed by atoms with E-state index in [-0.39, 0.29) is 24.2 Å². The van der Waals surface area contributed by atoms with Crippen LogP contribution >= 0.6 is 0 Å². The Labute approximate surface area is 196 Å². The summed E-state index contributed by atoms with van der Waals surface area (Å²) in [7, 11) is 1.58. The highest BCUT2D eigenvalue weighted by Gasteiger charge is 2.37. The van der Waals surface area contributed by atoms with Gasteiger partial charge in [-0.15, -0.1) is 0 Å². The SMILES string of the molecule is COc1ccccc1C(CNCc1cc(C(F)(F)F)cc(C(F)(F)F)c1)N1CC(C)CC(C)C1. The van der Waals surface area contributed by atoms with Gasteiger partial charge in [0.15, 0.2) is 0 Å². The minimum absolute atomic E-state index is 0.0682. The monoisotopic (exact) mass is 488 g/mol. The quantitative estimate of drug-likeness (QED) is 0.448. The molecule has 1 N–H and O–H groups in total. The predicted octanol–water partition coefficient (Wildman–Crippen LogP) is 6.54. The molecule has 0 aliphatic carbocycles. The summed E-state index contributed by atoms with van der Waals surface area (Å²) in [5.41, 5.74) is -1.75. The third-order valence-electron chi connectivity index (χ3n) is 6.15. The van der Waals surface area contributed by atoms with Crippen LogP contribution in [0.25, 0.3) is 0 Å². The number of piperidine rings is 1. The van der Waals surface area contributed by atoms with E-state index in [2.05, 4.69) is 24.1 Å². The molecule has 0 amide bonds. The van der Waals surface area contributed by atoms with Gasteiger partial charge in [0.2, 0.25) is 0 Å². The van der Waals surface area contributed by atoms with Crippen LogP contribution in [-0.4, -0.2) is 31.6 Å². The van der Waals surface area contributed by atoms with Crippen LogP contribution in [0.1, 0.15) is 48.6 Å². The van der Waals surface area contributed by atoms with Crippen molar-refractivity contribution in [3.8, 4) is 5.75 Å². The fraction of sp³-hybridized carbons (Fsp3) is 0.520. The molecule has 3 atom stereocenters. The Morgan fingerprint density at radius 3 is 2.03 bits per heavy atom. The fourth-order valence-corrected chi connectivity index (χ4v) is 4.82. The minimum atomic E-state index is -4.87. The molecule has 3 nitrogen and oxygen atoms in total. The smallest absolute Gasteiger partial charge is 0.416 e. The normalized spacial score (nSPS) is 20.9. The van der Waals surface area contributed by atoms with Crippen LogP contribution in [0.4, 0.5) is 26.3 Å². The number of methoxy groups -OCH3 is 1. The number of rotatable bonds is 7. The van der Waals surface area contributed by atoms with Crippen molar-refractivity contribution in [2.45, 2.75) is 45.2 Å². The molecular weight excluding hydrogens is 458 g/mol. The molecule has 0 saturated carbocycles. The van der Waals surface area contributed by atoms with E-state index in [1.165, 1.54) is 0 Å². The Kier molecular flexibility index (Phi) is 8.18. The highest BCUT2D eigenvalue weighted by molar-refractivity contribution is 5.37. The first-order valence-electron chi connectivity index (χ1n) is 11.2.